The maximum absolute atomic E-state index is 13.1. The van der Waals surface area contributed by atoms with Gasteiger partial charge in [-0.2, -0.15) is 5.10 Å². The van der Waals surface area contributed by atoms with E-state index >= 15 is 0 Å². The Morgan fingerprint density at radius 1 is 1.10 bits per heavy atom. The number of amides is 1. The Kier molecular flexibility index (Phi) is 5.48. The number of ether oxygens (including phenoxy) is 2. The monoisotopic (exact) mass is 405 g/mol. The van der Waals surface area contributed by atoms with Gasteiger partial charge in [0.25, 0.3) is 5.91 Å². The van der Waals surface area contributed by atoms with Crippen molar-refractivity contribution in [3.05, 3.63) is 70.5 Å². The van der Waals surface area contributed by atoms with Crippen molar-refractivity contribution in [1.29, 1.82) is 0 Å². The molecule has 4 rings (SSSR count). The Morgan fingerprint density at radius 2 is 1.87 bits per heavy atom. The summed E-state index contributed by atoms with van der Waals surface area (Å²) < 4.78 is 12.7. The zero-order chi connectivity index (χ0) is 21.3. The molecule has 0 spiro atoms. The van der Waals surface area contributed by atoms with Gasteiger partial charge < -0.3 is 14.8 Å². The number of rotatable bonds is 5. The minimum absolute atomic E-state index is 0.0863. The van der Waals surface area contributed by atoms with Gasteiger partial charge in [-0.1, -0.05) is 6.07 Å². The van der Waals surface area contributed by atoms with E-state index in [4.69, 9.17) is 9.47 Å². The lowest BCUT2D eigenvalue weighted by molar-refractivity contribution is 0.0929. The smallest absolute Gasteiger partial charge is 0.255 e. The number of carbonyl (C=O) groups excluding carboxylic acids is 1. The van der Waals surface area contributed by atoms with Crippen LogP contribution in [0.3, 0.4) is 0 Å². The van der Waals surface area contributed by atoms with Crippen LogP contribution in [0.2, 0.25) is 0 Å². The van der Waals surface area contributed by atoms with E-state index in [0.717, 1.165) is 36.2 Å². The first-order chi connectivity index (χ1) is 14.5. The molecule has 1 aromatic heterocycles. The van der Waals surface area contributed by atoms with Crippen LogP contribution >= 0.6 is 0 Å². The van der Waals surface area contributed by atoms with E-state index in [1.54, 1.807) is 32.4 Å². The van der Waals surface area contributed by atoms with Crippen LogP contribution in [0.15, 0.2) is 42.6 Å². The molecule has 1 N–H and O–H groups in total. The maximum atomic E-state index is 13.1. The topological polar surface area (TPSA) is 65.4 Å². The first-order valence-electron chi connectivity index (χ1n) is 10.2. The number of nitrogens with zero attached hydrogens (tertiary/aromatic N) is 2. The fourth-order valence-electron chi connectivity index (χ4n) is 4.23. The van der Waals surface area contributed by atoms with Gasteiger partial charge in [-0.3, -0.25) is 4.79 Å². The van der Waals surface area contributed by atoms with Gasteiger partial charge in [0, 0.05) is 11.3 Å². The molecule has 3 aromatic rings. The Bertz CT molecular complexity index is 1070. The van der Waals surface area contributed by atoms with Crippen molar-refractivity contribution < 1.29 is 14.3 Å². The molecule has 0 radical (unpaired) electrons. The van der Waals surface area contributed by atoms with Gasteiger partial charge in [-0.25, -0.2) is 4.68 Å². The van der Waals surface area contributed by atoms with Crippen molar-refractivity contribution >= 4 is 5.91 Å². The van der Waals surface area contributed by atoms with Gasteiger partial charge in [0.05, 0.1) is 37.7 Å². The van der Waals surface area contributed by atoms with Gasteiger partial charge in [0.2, 0.25) is 0 Å². The van der Waals surface area contributed by atoms with E-state index in [2.05, 4.69) is 42.5 Å². The third-order valence-electron chi connectivity index (χ3n) is 5.59. The molecule has 1 aliphatic rings. The molecule has 0 fully saturated rings. The highest BCUT2D eigenvalue weighted by molar-refractivity contribution is 5.97. The summed E-state index contributed by atoms with van der Waals surface area (Å²) in [5, 5.41) is 7.84. The Morgan fingerprint density at radius 3 is 2.57 bits per heavy atom. The molecule has 0 saturated carbocycles. The zero-order valence-electron chi connectivity index (χ0n) is 17.9. The fraction of sp³-hybridized carbons (Fsp3) is 0.333. The fourth-order valence-corrected chi connectivity index (χ4v) is 4.23. The molecule has 0 saturated heterocycles. The number of carbonyl (C=O) groups is 1. The molecular weight excluding hydrogens is 378 g/mol. The molecule has 156 valence electrons. The van der Waals surface area contributed by atoms with Gasteiger partial charge >= 0.3 is 0 Å². The molecule has 0 unspecified atom stereocenters. The number of aryl methyl sites for hydroxylation is 2. The van der Waals surface area contributed by atoms with E-state index in [1.807, 2.05) is 10.9 Å². The number of benzene rings is 2. The van der Waals surface area contributed by atoms with Crippen LogP contribution in [-0.4, -0.2) is 29.9 Å². The predicted molar refractivity (Wildman–Crippen MR) is 116 cm³/mol. The molecule has 1 aliphatic carbocycles. The van der Waals surface area contributed by atoms with E-state index in [9.17, 15) is 4.79 Å². The Balaban J connectivity index is 1.63. The maximum Gasteiger partial charge on any atom is 0.255 e. The molecule has 0 bridgehead atoms. The van der Waals surface area contributed by atoms with Gasteiger partial charge in [-0.05, 0) is 74.6 Å². The lowest BCUT2D eigenvalue weighted by atomic mass is 9.92. The number of methoxy groups -OCH3 is 2. The normalized spacial score (nSPS) is 15.4. The van der Waals surface area contributed by atoms with Crippen molar-refractivity contribution in [2.24, 2.45) is 0 Å². The van der Waals surface area contributed by atoms with Crippen molar-refractivity contribution in [3.63, 3.8) is 0 Å². The number of fused-ring (bicyclic) bond motifs is 1. The number of nitrogens with one attached hydrogen (secondary N) is 1. The number of hydrogen-bond donors (Lipinski definition) is 1. The summed E-state index contributed by atoms with van der Waals surface area (Å²) >= 11 is 0. The van der Waals surface area contributed by atoms with Crippen LogP contribution in [0.1, 0.15) is 51.6 Å². The molecule has 1 heterocycles. The molecule has 1 atom stereocenters. The van der Waals surface area contributed by atoms with Crippen molar-refractivity contribution in [1.82, 2.24) is 15.1 Å². The average molecular weight is 405 g/mol. The highest BCUT2D eigenvalue weighted by Gasteiger charge is 2.27. The largest absolute Gasteiger partial charge is 0.497 e. The molecule has 30 heavy (non-hydrogen) atoms. The summed E-state index contributed by atoms with van der Waals surface area (Å²) in [7, 11) is 3.14. The second-order valence-corrected chi connectivity index (χ2v) is 7.79. The molecular formula is C24H27N3O3. The Labute approximate surface area is 176 Å². The summed E-state index contributed by atoms with van der Waals surface area (Å²) in [6, 6.07) is 11.6. The quantitative estimate of drug-likeness (QED) is 0.687. The summed E-state index contributed by atoms with van der Waals surface area (Å²) in [5.74, 6) is 0.964. The summed E-state index contributed by atoms with van der Waals surface area (Å²) in [6.45, 7) is 4.19. The van der Waals surface area contributed by atoms with Gasteiger partial charge in [0.15, 0.2) is 0 Å². The van der Waals surface area contributed by atoms with E-state index in [0.29, 0.717) is 17.1 Å². The second-order valence-electron chi connectivity index (χ2n) is 7.79. The third kappa shape index (κ3) is 3.77. The highest BCUT2D eigenvalue weighted by Crippen LogP contribution is 2.32. The lowest BCUT2D eigenvalue weighted by Crippen LogP contribution is -2.31. The van der Waals surface area contributed by atoms with Crippen molar-refractivity contribution in [3.8, 4) is 17.2 Å². The summed E-state index contributed by atoms with van der Waals surface area (Å²) in [4.78, 5) is 13.1. The predicted octanol–water partition coefficient (Wildman–Crippen LogP) is 4.31. The van der Waals surface area contributed by atoms with E-state index in [-0.39, 0.29) is 11.9 Å². The van der Waals surface area contributed by atoms with Crippen molar-refractivity contribution in [2.45, 2.75) is 39.2 Å². The van der Waals surface area contributed by atoms with E-state index < -0.39 is 0 Å². The SMILES string of the molecule is COc1ccc(OC)c(C(=O)N[C@@H]2CCCc3c2cnn3-c2cc(C)cc(C)c2)c1. The lowest BCUT2D eigenvalue weighted by Gasteiger charge is -2.25. The number of aromatic nitrogens is 2. The molecule has 6 nitrogen and oxygen atoms in total. The van der Waals surface area contributed by atoms with Crippen LogP contribution in [0.25, 0.3) is 5.69 Å². The number of hydrogen-bond acceptors (Lipinski definition) is 4. The van der Waals surface area contributed by atoms with Crippen LogP contribution < -0.4 is 14.8 Å². The average Bonchev–Trinajstić information content (AvgIpc) is 3.17. The van der Waals surface area contributed by atoms with E-state index in [1.165, 1.54) is 11.1 Å². The molecule has 0 aliphatic heterocycles. The van der Waals surface area contributed by atoms with Gasteiger partial charge in [0.1, 0.15) is 11.5 Å². The highest BCUT2D eigenvalue weighted by atomic mass is 16.5. The summed E-state index contributed by atoms with van der Waals surface area (Å²) in [5.41, 5.74) is 6.19. The zero-order valence-corrected chi connectivity index (χ0v) is 17.9. The Hall–Kier alpha value is -3.28. The first kappa shape index (κ1) is 20.0. The van der Waals surface area contributed by atoms with Gasteiger partial charge in [-0.15, -0.1) is 0 Å². The summed E-state index contributed by atoms with van der Waals surface area (Å²) in [6.07, 6.45) is 4.70. The third-order valence-corrected chi connectivity index (χ3v) is 5.59. The van der Waals surface area contributed by atoms with Crippen LogP contribution in [0, 0.1) is 13.8 Å². The first-order valence-corrected chi connectivity index (χ1v) is 10.2. The van der Waals surface area contributed by atoms with Crippen molar-refractivity contribution in [2.75, 3.05) is 14.2 Å². The van der Waals surface area contributed by atoms with Crippen LogP contribution in [0.5, 0.6) is 11.5 Å². The molecule has 2 aromatic carbocycles. The minimum Gasteiger partial charge on any atom is -0.497 e. The minimum atomic E-state index is -0.178. The van der Waals surface area contributed by atoms with Crippen LogP contribution in [0.4, 0.5) is 0 Å². The van der Waals surface area contributed by atoms with Crippen LogP contribution in [-0.2, 0) is 6.42 Å². The molecule has 1 amide bonds. The standard InChI is InChI=1S/C24H27N3O3/c1-15-10-16(2)12-17(11-15)27-22-7-5-6-21(20(22)14-25-27)26-24(28)19-13-18(29-3)8-9-23(19)30-4/h8-14,21H,5-7H2,1-4H3,(H,26,28)/t21-/m1/s1. The second kappa shape index (κ2) is 8.22. The molecule has 6 heteroatoms.